The zero-order valence-electron chi connectivity index (χ0n) is 11.4. The fourth-order valence-corrected chi connectivity index (χ4v) is 2.57. The lowest BCUT2D eigenvalue weighted by Gasteiger charge is -2.21. The maximum Gasteiger partial charge on any atom is 0.303 e. The van der Waals surface area contributed by atoms with Gasteiger partial charge in [0.15, 0.2) is 0 Å². The van der Waals surface area contributed by atoms with Gasteiger partial charge in [0.25, 0.3) is 0 Å². The number of carboxylic acid groups (broad SMARTS) is 1. The van der Waals surface area contributed by atoms with Gasteiger partial charge in [-0.3, -0.25) is 9.59 Å². The second-order valence-corrected chi connectivity index (χ2v) is 6.75. The molecule has 0 atom stereocenters. The van der Waals surface area contributed by atoms with Crippen molar-refractivity contribution in [1.82, 2.24) is 5.32 Å². The average molecular weight is 363 g/mol. The maximum atomic E-state index is 11.8. The molecule has 0 spiro atoms. The van der Waals surface area contributed by atoms with Crippen molar-refractivity contribution >= 4 is 39.4 Å². The van der Waals surface area contributed by atoms with E-state index in [-0.39, 0.29) is 18.7 Å². The second kappa shape index (κ2) is 7.09. The van der Waals surface area contributed by atoms with Crippen LogP contribution in [0.5, 0.6) is 0 Å². The molecular formula is C14H17BrClNO3. The SMILES string of the molecule is CC(C)(CC(=O)O)CC(=O)NCc1ccc(Br)cc1Cl. The van der Waals surface area contributed by atoms with Crippen LogP contribution in [0.3, 0.4) is 0 Å². The van der Waals surface area contributed by atoms with Gasteiger partial charge in [-0.05, 0) is 23.1 Å². The van der Waals surface area contributed by atoms with Gasteiger partial charge in [0.1, 0.15) is 0 Å². The van der Waals surface area contributed by atoms with E-state index in [1.54, 1.807) is 19.9 Å². The molecule has 110 valence electrons. The number of hydrogen-bond donors (Lipinski definition) is 2. The Morgan fingerprint density at radius 2 is 2.00 bits per heavy atom. The number of carbonyl (C=O) groups excluding carboxylic acids is 1. The molecule has 0 radical (unpaired) electrons. The van der Waals surface area contributed by atoms with Crippen molar-refractivity contribution in [1.29, 1.82) is 0 Å². The van der Waals surface area contributed by atoms with Crippen molar-refractivity contribution in [3.05, 3.63) is 33.3 Å². The first kappa shape index (κ1) is 17.0. The Kier molecular flexibility index (Phi) is 6.02. The molecule has 4 nitrogen and oxygen atoms in total. The molecule has 1 rings (SSSR count). The third kappa shape index (κ3) is 5.92. The van der Waals surface area contributed by atoms with Gasteiger partial charge in [0.2, 0.25) is 5.91 Å². The van der Waals surface area contributed by atoms with Gasteiger partial charge in [-0.2, -0.15) is 0 Å². The molecule has 0 fully saturated rings. The first-order valence-electron chi connectivity index (χ1n) is 6.12. The monoisotopic (exact) mass is 361 g/mol. The summed E-state index contributed by atoms with van der Waals surface area (Å²) in [5.74, 6) is -1.09. The average Bonchev–Trinajstić information content (AvgIpc) is 2.24. The summed E-state index contributed by atoms with van der Waals surface area (Å²) in [5.41, 5.74) is 0.249. The van der Waals surface area contributed by atoms with Crippen molar-refractivity contribution in [3.63, 3.8) is 0 Å². The van der Waals surface area contributed by atoms with Crippen LogP contribution in [0.25, 0.3) is 0 Å². The highest BCUT2D eigenvalue weighted by molar-refractivity contribution is 9.10. The first-order valence-corrected chi connectivity index (χ1v) is 7.29. The van der Waals surface area contributed by atoms with E-state index in [0.29, 0.717) is 11.6 Å². The van der Waals surface area contributed by atoms with Crippen LogP contribution in [-0.4, -0.2) is 17.0 Å². The smallest absolute Gasteiger partial charge is 0.303 e. The van der Waals surface area contributed by atoms with E-state index in [9.17, 15) is 9.59 Å². The Labute approximate surface area is 131 Å². The van der Waals surface area contributed by atoms with Crippen LogP contribution in [0.4, 0.5) is 0 Å². The Morgan fingerprint density at radius 3 is 2.55 bits per heavy atom. The summed E-state index contributed by atoms with van der Waals surface area (Å²) < 4.78 is 0.875. The summed E-state index contributed by atoms with van der Waals surface area (Å²) in [6.45, 7) is 3.84. The summed E-state index contributed by atoms with van der Waals surface area (Å²) >= 11 is 9.37. The second-order valence-electron chi connectivity index (χ2n) is 5.42. The minimum absolute atomic E-state index is 0.0422. The van der Waals surface area contributed by atoms with Crippen LogP contribution in [0.15, 0.2) is 22.7 Å². The fourth-order valence-electron chi connectivity index (χ4n) is 1.83. The molecule has 6 heteroatoms. The third-order valence-corrected chi connectivity index (χ3v) is 3.61. The summed E-state index contributed by atoms with van der Waals surface area (Å²) in [5, 5.41) is 12.1. The van der Waals surface area contributed by atoms with Gasteiger partial charge in [0.05, 0.1) is 6.42 Å². The van der Waals surface area contributed by atoms with Crippen LogP contribution in [0.2, 0.25) is 5.02 Å². The van der Waals surface area contributed by atoms with Gasteiger partial charge in [0, 0.05) is 22.5 Å². The molecule has 0 aliphatic carbocycles. The predicted octanol–water partition coefficient (Wildman–Crippen LogP) is 3.61. The van der Waals surface area contributed by atoms with Gasteiger partial charge < -0.3 is 10.4 Å². The first-order chi connectivity index (χ1) is 9.19. The summed E-state index contributed by atoms with van der Waals surface area (Å²) in [4.78, 5) is 22.5. The Bertz CT molecular complexity index is 517. The van der Waals surface area contributed by atoms with E-state index in [2.05, 4.69) is 21.2 Å². The van der Waals surface area contributed by atoms with E-state index in [0.717, 1.165) is 10.0 Å². The predicted molar refractivity (Wildman–Crippen MR) is 81.6 cm³/mol. The highest BCUT2D eigenvalue weighted by Crippen LogP contribution is 2.25. The maximum absolute atomic E-state index is 11.8. The number of benzene rings is 1. The molecule has 0 aliphatic rings. The van der Waals surface area contributed by atoms with E-state index >= 15 is 0 Å². The number of rotatable bonds is 6. The van der Waals surface area contributed by atoms with Crippen molar-refractivity contribution in [3.8, 4) is 0 Å². The van der Waals surface area contributed by atoms with Crippen molar-refractivity contribution in [2.24, 2.45) is 5.41 Å². The topological polar surface area (TPSA) is 66.4 Å². The number of carboxylic acids is 1. The molecule has 0 saturated carbocycles. The minimum atomic E-state index is -0.904. The molecule has 0 aliphatic heterocycles. The molecule has 2 N–H and O–H groups in total. The van der Waals surface area contributed by atoms with Crippen molar-refractivity contribution < 1.29 is 14.7 Å². The van der Waals surface area contributed by atoms with E-state index in [4.69, 9.17) is 16.7 Å². The van der Waals surface area contributed by atoms with Gasteiger partial charge in [-0.15, -0.1) is 0 Å². The van der Waals surface area contributed by atoms with Crippen LogP contribution in [0.1, 0.15) is 32.3 Å². The lowest BCUT2D eigenvalue weighted by atomic mass is 9.85. The molecule has 0 aromatic heterocycles. The minimum Gasteiger partial charge on any atom is -0.481 e. The lowest BCUT2D eigenvalue weighted by Crippen LogP contribution is -2.29. The van der Waals surface area contributed by atoms with E-state index in [1.165, 1.54) is 0 Å². The number of nitrogens with one attached hydrogen (secondary N) is 1. The number of amides is 1. The molecular weight excluding hydrogens is 346 g/mol. The van der Waals surface area contributed by atoms with Gasteiger partial charge in [-0.1, -0.05) is 47.4 Å². The van der Waals surface area contributed by atoms with Crippen molar-refractivity contribution in [2.75, 3.05) is 0 Å². The van der Waals surface area contributed by atoms with Gasteiger partial charge >= 0.3 is 5.97 Å². The molecule has 0 saturated heterocycles. The summed E-state index contributed by atoms with van der Waals surface area (Å²) in [7, 11) is 0. The highest BCUT2D eigenvalue weighted by atomic mass is 79.9. The normalized spacial score (nSPS) is 11.2. The Morgan fingerprint density at radius 1 is 1.35 bits per heavy atom. The molecule has 0 unspecified atom stereocenters. The standard InChI is InChI=1S/C14H17BrClNO3/c1-14(2,7-13(19)20)6-12(18)17-8-9-3-4-10(15)5-11(9)16/h3-5H,6-8H2,1-2H3,(H,17,18)(H,19,20). The van der Waals surface area contributed by atoms with Gasteiger partial charge in [-0.25, -0.2) is 0 Å². The quantitative estimate of drug-likeness (QED) is 0.812. The highest BCUT2D eigenvalue weighted by Gasteiger charge is 2.25. The number of halogens is 2. The van der Waals surface area contributed by atoms with E-state index < -0.39 is 11.4 Å². The van der Waals surface area contributed by atoms with E-state index in [1.807, 2.05) is 12.1 Å². The van der Waals surface area contributed by atoms with Crippen LogP contribution < -0.4 is 5.32 Å². The van der Waals surface area contributed by atoms with Crippen molar-refractivity contribution in [2.45, 2.75) is 33.2 Å². The molecule has 20 heavy (non-hydrogen) atoms. The zero-order valence-corrected chi connectivity index (χ0v) is 13.7. The molecule has 1 aromatic rings. The van der Waals surface area contributed by atoms with Crippen LogP contribution >= 0.6 is 27.5 Å². The Hall–Kier alpha value is -1.07. The number of hydrogen-bond acceptors (Lipinski definition) is 2. The lowest BCUT2D eigenvalue weighted by molar-refractivity contribution is -0.139. The summed E-state index contributed by atoms with van der Waals surface area (Å²) in [6.07, 6.45) is 0.118. The molecule has 1 aromatic carbocycles. The number of carbonyl (C=O) groups is 2. The molecule has 1 amide bonds. The zero-order chi connectivity index (χ0) is 15.3. The van der Waals surface area contributed by atoms with Crippen LogP contribution in [-0.2, 0) is 16.1 Å². The molecule has 0 heterocycles. The number of aliphatic carboxylic acids is 1. The third-order valence-electron chi connectivity index (χ3n) is 2.76. The van der Waals surface area contributed by atoms with Crippen LogP contribution in [0, 0.1) is 5.41 Å². The Balaban J connectivity index is 2.53. The fraction of sp³-hybridized carbons (Fsp3) is 0.429. The summed E-state index contributed by atoms with van der Waals surface area (Å²) in [6, 6.07) is 5.44. The molecule has 0 bridgehead atoms. The largest absolute Gasteiger partial charge is 0.481 e.